The first-order chi connectivity index (χ1) is 8.31. The third-order valence-electron chi connectivity index (χ3n) is 1.76. The number of ether oxygens (including phenoxy) is 4. The first kappa shape index (κ1) is 16.3. The van der Waals surface area contributed by atoms with Crippen LogP contribution in [0, 0.1) is 0 Å². The highest BCUT2D eigenvalue weighted by Crippen LogP contribution is 1.85. The van der Waals surface area contributed by atoms with Gasteiger partial charge in [0.15, 0.2) is 0 Å². The lowest BCUT2D eigenvalue weighted by Crippen LogP contribution is -2.13. The van der Waals surface area contributed by atoms with Gasteiger partial charge in [-0.2, -0.15) is 0 Å². The lowest BCUT2D eigenvalue weighted by molar-refractivity contribution is -0.144. The summed E-state index contributed by atoms with van der Waals surface area (Å²) in [6.07, 6.45) is 0.386. The van der Waals surface area contributed by atoms with E-state index in [0.29, 0.717) is 46.1 Å². The normalized spacial score (nSPS) is 10.5. The van der Waals surface area contributed by atoms with Gasteiger partial charge in [-0.05, 0) is 0 Å². The van der Waals surface area contributed by atoms with Crippen molar-refractivity contribution < 1.29 is 28.8 Å². The van der Waals surface area contributed by atoms with Crippen molar-refractivity contribution in [1.82, 2.24) is 0 Å². The molecular weight excluding hydrogens is 228 g/mol. The monoisotopic (exact) mass is 250 g/mol. The molecule has 6 nitrogen and oxygen atoms in total. The lowest BCUT2D eigenvalue weighted by atomic mass is 10.5. The van der Waals surface area contributed by atoms with Gasteiger partial charge in [-0.1, -0.05) is 6.92 Å². The van der Waals surface area contributed by atoms with Gasteiger partial charge in [0, 0.05) is 6.42 Å². The standard InChI is InChI=1S/C11H22O6/c1-2-11(13)17-10-9-16-8-7-15-6-5-14-4-3-12/h12H,2-10H2,1H3. The van der Waals surface area contributed by atoms with E-state index in [9.17, 15) is 4.79 Å². The van der Waals surface area contributed by atoms with Crippen LogP contribution in [0.3, 0.4) is 0 Å². The highest BCUT2D eigenvalue weighted by atomic mass is 16.6. The lowest BCUT2D eigenvalue weighted by Gasteiger charge is -2.06. The second-order valence-corrected chi connectivity index (χ2v) is 3.13. The van der Waals surface area contributed by atoms with Gasteiger partial charge in [-0.15, -0.1) is 0 Å². The van der Waals surface area contributed by atoms with Gasteiger partial charge < -0.3 is 24.1 Å². The van der Waals surface area contributed by atoms with E-state index in [4.69, 9.17) is 24.1 Å². The minimum atomic E-state index is -0.217. The quantitative estimate of drug-likeness (QED) is 0.387. The Balaban J connectivity index is 2.96. The molecule has 0 aliphatic heterocycles. The first-order valence-electron chi connectivity index (χ1n) is 5.81. The summed E-state index contributed by atoms with van der Waals surface area (Å²) in [7, 11) is 0. The molecule has 17 heavy (non-hydrogen) atoms. The van der Waals surface area contributed by atoms with Crippen LogP contribution < -0.4 is 0 Å². The molecule has 0 aliphatic rings. The van der Waals surface area contributed by atoms with E-state index < -0.39 is 0 Å². The Hall–Kier alpha value is -0.690. The van der Waals surface area contributed by atoms with E-state index in [2.05, 4.69) is 0 Å². The fourth-order valence-corrected chi connectivity index (χ4v) is 0.923. The van der Waals surface area contributed by atoms with E-state index in [-0.39, 0.29) is 19.2 Å². The molecule has 0 atom stereocenters. The van der Waals surface area contributed by atoms with Crippen molar-refractivity contribution in [2.24, 2.45) is 0 Å². The van der Waals surface area contributed by atoms with Crippen molar-refractivity contribution in [1.29, 1.82) is 0 Å². The number of aliphatic hydroxyl groups is 1. The molecule has 0 saturated heterocycles. The van der Waals surface area contributed by atoms with Crippen LogP contribution >= 0.6 is 0 Å². The predicted molar refractivity (Wildman–Crippen MR) is 60.8 cm³/mol. The highest BCUT2D eigenvalue weighted by molar-refractivity contribution is 5.68. The van der Waals surface area contributed by atoms with Crippen LogP contribution in [0.2, 0.25) is 0 Å². The Morgan fingerprint density at radius 2 is 1.35 bits per heavy atom. The fourth-order valence-electron chi connectivity index (χ4n) is 0.923. The number of carbonyl (C=O) groups excluding carboxylic acids is 1. The third-order valence-corrected chi connectivity index (χ3v) is 1.76. The van der Waals surface area contributed by atoms with Crippen LogP contribution in [0.25, 0.3) is 0 Å². The minimum absolute atomic E-state index is 0.0274. The van der Waals surface area contributed by atoms with Gasteiger partial charge in [0.2, 0.25) is 0 Å². The molecule has 6 heteroatoms. The summed E-state index contributed by atoms with van der Waals surface area (Å²) in [6, 6.07) is 0. The Labute approximate surface area is 102 Å². The number of hydrogen-bond acceptors (Lipinski definition) is 6. The van der Waals surface area contributed by atoms with Crippen molar-refractivity contribution in [3.05, 3.63) is 0 Å². The van der Waals surface area contributed by atoms with Crippen LogP contribution in [0.1, 0.15) is 13.3 Å². The van der Waals surface area contributed by atoms with Gasteiger partial charge in [-0.25, -0.2) is 0 Å². The maximum atomic E-state index is 10.7. The van der Waals surface area contributed by atoms with E-state index in [1.807, 2.05) is 0 Å². The molecule has 0 aromatic carbocycles. The number of aliphatic hydroxyl groups excluding tert-OH is 1. The maximum absolute atomic E-state index is 10.7. The Kier molecular flexibility index (Phi) is 12.8. The van der Waals surface area contributed by atoms with Crippen LogP contribution in [0.5, 0.6) is 0 Å². The molecule has 0 saturated carbocycles. The van der Waals surface area contributed by atoms with Crippen molar-refractivity contribution >= 4 is 5.97 Å². The fraction of sp³-hybridized carbons (Fsp3) is 0.909. The maximum Gasteiger partial charge on any atom is 0.305 e. The average molecular weight is 250 g/mol. The third kappa shape index (κ3) is 13.2. The molecule has 0 aliphatic carbocycles. The molecule has 0 aromatic heterocycles. The Morgan fingerprint density at radius 3 is 1.82 bits per heavy atom. The zero-order valence-electron chi connectivity index (χ0n) is 10.4. The summed E-state index contributed by atoms with van der Waals surface area (Å²) in [5.41, 5.74) is 0. The predicted octanol–water partition coefficient (Wildman–Crippen LogP) is -0.0183. The van der Waals surface area contributed by atoms with Crippen molar-refractivity contribution in [2.45, 2.75) is 13.3 Å². The molecule has 0 radical (unpaired) electrons. The molecule has 0 heterocycles. The topological polar surface area (TPSA) is 74.2 Å². The summed E-state index contributed by atoms with van der Waals surface area (Å²) < 4.78 is 20.2. The molecule has 0 unspecified atom stereocenters. The van der Waals surface area contributed by atoms with Crippen LogP contribution in [-0.2, 0) is 23.7 Å². The molecule has 0 aromatic rings. The molecule has 0 rings (SSSR count). The summed E-state index contributed by atoms with van der Waals surface area (Å²) >= 11 is 0. The van der Waals surface area contributed by atoms with Crippen LogP contribution in [0.15, 0.2) is 0 Å². The molecule has 0 bridgehead atoms. The summed E-state index contributed by atoms with van der Waals surface area (Å²) in [6.45, 7) is 4.66. The number of rotatable bonds is 12. The van der Waals surface area contributed by atoms with E-state index in [1.165, 1.54) is 0 Å². The molecule has 102 valence electrons. The van der Waals surface area contributed by atoms with Gasteiger partial charge in [0.1, 0.15) is 6.61 Å². The largest absolute Gasteiger partial charge is 0.463 e. The summed E-state index contributed by atoms with van der Waals surface area (Å²) in [5.74, 6) is -0.217. The average Bonchev–Trinajstić information content (AvgIpc) is 2.35. The van der Waals surface area contributed by atoms with Gasteiger partial charge in [-0.3, -0.25) is 4.79 Å². The van der Waals surface area contributed by atoms with Gasteiger partial charge >= 0.3 is 5.97 Å². The molecule has 1 N–H and O–H groups in total. The second-order valence-electron chi connectivity index (χ2n) is 3.13. The summed E-state index contributed by atoms with van der Waals surface area (Å²) in [4.78, 5) is 10.7. The van der Waals surface area contributed by atoms with Crippen LogP contribution in [-0.4, -0.2) is 63.9 Å². The second kappa shape index (κ2) is 13.4. The molecule has 0 spiro atoms. The molecule has 0 amide bonds. The highest BCUT2D eigenvalue weighted by Gasteiger charge is 1.97. The zero-order valence-corrected chi connectivity index (χ0v) is 10.4. The summed E-state index contributed by atoms with van der Waals surface area (Å²) in [5, 5.41) is 8.42. The van der Waals surface area contributed by atoms with Crippen molar-refractivity contribution in [3.8, 4) is 0 Å². The number of esters is 1. The smallest absolute Gasteiger partial charge is 0.305 e. The minimum Gasteiger partial charge on any atom is -0.463 e. The van der Waals surface area contributed by atoms with E-state index in [0.717, 1.165) is 0 Å². The van der Waals surface area contributed by atoms with Gasteiger partial charge in [0.05, 0.1) is 46.2 Å². The van der Waals surface area contributed by atoms with Crippen LogP contribution in [0.4, 0.5) is 0 Å². The Morgan fingerprint density at radius 1 is 0.882 bits per heavy atom. The van der Waals surface area contributed by atoms with E-state index >= 15 is 0 Å². The zero-order chi connectivity index (χ0) is 12.8. The SMILES string of the molecule is CCC(=O)OCCOCCOCCOCCO. The van der Waals surface area contributed by atoms with Crippen molar-refractivity contribution in [3.63, 3.8) is 0 Å². The molecule has 0 fully saturated rings. The molecular formula is C11H22O6. The van der Waals surface area contributed by atoms with Crippen molar-refractivity contribution in [2.75, 3.05) is 52.9 Å². The Bertz CT molecular complexity index is 173. The number of hydrogen-bond donors (Lipinski definition) is 1. The van der Waals surface area contributed by atoms with Gasteiger partial charge in [0.25, 0.3) is 0 Å². The van der Waals surface area contributed by atoms with E-state index in [1.54, 1.807) is 6.92 Å². The first-order valence-corrected chi connectivity index (χ1v) is 5.81. The number of carbonyl (C=O) groups is 1.